The van der Waals surface area contributed by atoms with E-state index in [0.29, 0.717) is 37.5 Å². The average molecular weight is 885 g/mol. The van der Waals surface area contributed by atoms with Crippen LogP contribution in [0.3, 0.4) is 0 Å². The van der Waals surface area contributed by atoms with Crippen molar-refractivity contribution < 1.29 is 29.3 Å². The van der Waals surface area contributed by atoms with Crippen LogP contribution in [0, 0.1) is 20.2 Å². The van der Waals surface area contributed by atoms with Crippen molar-refractivity contribution in [3.05, 3.63) is 93.0 Å². The first kappa shape index (κ1) is 38.9. The molecule has 0 unspecified atom stereocenters. The topological polar surface area (TPSA) is 156 Å². The van der Waals surface area contributed by atoms with Crippen LogP contribution in [0.2, 0.25) is 0 Å². The van der Waals surface area contributed by atoms with Gasteiger partial charge in [0.2, 0.25) is 11.8 Å². The number of nitro benzene ring substituents is 2. The predicted molar refractivity (Wildman–Crippen MR) is 200 cm³/mol. The molecule has 0 radical (unpaired) electrons. The minimum Gasteiger partial charge on any atom is -0.508 e. The summed E-state index contributed by atoms with van der Waals surface area (Å²) in [6.45, 7) is 2.90. The fourth-order valence-electron chi connectivity index (χ4n) is 4.60. The maximum atomic E-state index is 12.0. The lowest BCUT2D eigenvalue weighted by molar-refractivity contribution is -0.385. The SMILES string of the molecule is BrB(Br)Br.C.CC(=O)N1c2ccc(O)cc2Sc2cc([N+](=O)[O-])ccc21.COc1ccc2c(c1)Sc1cc([N+](=O)[O-])ccc1N2C(C)=O. The van der Waals surface area contributed by atoms with Crippen molar-refractivity contribution in [1.29, 1.82) is 0 Å². The van der Waals surface area contributed by atoms with Crippen molar-refractivity contribution in [2.45, 2.75) is 40.9 Å². The molecule has 0 bridgehead atoms. The second-order valence-corrected chi connectivity index (χ2v) is 18.1. The van der Waals surface area contributed by atoms with Crippen LogP contribution in [-0.4, -0.2) is 37.1 Å². The fourth-order valence-corrected chi connectivity index (χ4v) is 6.84. The number of rotatable bonds is 3. The van der Waals surface area contributed by atoms with Crippen LogP contribution >= 0.6 is 70.8 Å². The number of halogens is 3. The van der Waals surface area contributed by atoms with Crippen molar-refractivity contribution in [1.82, 2.24) is 0 Å². The van der Waals surface area contributed by atoms with E-state index in [9.17, 15) is 34.9 Å². The van der Waals surface area contributed by atoms with Gasteiger partial charge in [-0.2, -0.15) is 0 Å². The number of methoxy groups -OCH3 is 1. The van der Waals surface area contributed by atoms with E-state index in [2.05, 4.69) is 47.3 Å². The summed E-state index contributed by atoms with van der Waals surface area (Å²) in [6, 6.07) is 19.0. The number of hydrogen-bond donors (Lipinski definition) is 1. The Morgan fingerprint density at radius 1 is 0.708 bits per heavy atom. The van der Waals surface area contributed by atoms with Gasteiger partial charge in [0.25, 0.3) is 11.4 Å². The average Bonchev–Trinajstić information content (AvgIpc) is 3.01. The normalized spacial score (nSPS) is 11.7. The smallest absolute Gasteiger partial charge is 0.369 e. The molecule has 4 aromatic carbocycles. The Morgan fingerprint density at radius 3 is 1.44 bits per heavy atom. The number of aromatic hydroxyl groups is 1. The molecule has 0 saturated heterocycles. The molecular formula is C30H26BBr3N4O8S2. The molecule has 0 saturated carbocycles. The molecule has 0 fully saturated rings. The summed E-state index contributed by atoms with van der Waals surface area (Å²) in [7, 11) is 1.57. The molecule has 0 aromatic heterocycles. The number of carbonyl (C=O) groups is 2. The number of nitrogens with zero attached hydrogens (tertiary/aromatic N) is 4. The van der Waals surface area contributed by atoms with Crippen molar-refractivity contribution in [2.24, 2.45) is 0 Å². The van der Waals surface area contributed by atoms with Gasteiger partial charge in [-0.1, -0.05) is 31.0 Å². The van der Waals surface area contributed by atoms with Crippen molar-refractivity contribution in [3.63, 3.8) is 0 Å². The van der Waals surface area contributed by atoms with E-state index >= 15 is 0 Å². The molecule has 2 aliphatic rings. The molecule has 0 aliphatic carbocycles. The van der Waals surface area contributed by atoms with Crippen molar-refractivity contribution >= 4 is 120 Å². The monoisotopic (exact) mass is 882 g/mol. The first-order valence-electron chi connectivity index (χ1n) is 13.2. The Labute approximate surface area is 309 Å². The molecule has 2 heterocycles. The Balaban J connectivity index is 0.000000230. The summed E-state index contributed by atoms with van der Waals surface area (Å²) in [5.41, 5.74) is 2.64. The van der Waals surface area contributed by atoms with Crippen LogP contribution in [0.1, 0.15) is 21.3 Å². The third kappa shape index (κ3) is 8.90. The zero-order chi connectivity index (χ0) is 34.6. The fraction of sp³-hybridized carbons (Fsp3) is 0.133. The molecule has 250 valence electrons. The van der Waals surface area contributed by atoms with Gasteiger partial charge in [0.05, 0.1) is 39.7 Å². The van der Waals surface area contributed by atoms with Gasteiger partial charge in [-0.15, -0.1) is 47.3 Å². The summed E-state index contributed by atoms with van der Waals surface area (Å²) in [6.07, 6.45) is 0. The maximum absolute atomic E-state index is 12.0. The molecular weight excluding hydrogens is 859 g/mol. The number of anilines is 4. The largest absolute Gasteiger partial charge is 0.508 e. The van der Waals surface area contributed by atoms with E-state index in [1.165, 1.54) is 78.7 Å². The number of ether oxygens (including phenoxy) is 1. The van der Waals surface area contributed by atoms with Crippen LogP contribution in [0.5, 0.6) is 11.5 Å². The zero-order valence-electron chi connectivity index (χ0n) is 24.5. The Bertz CT molecular complexity index is 1900. The van der Waals surface area contributed by atoms with Gasteiger partial charge in [0, 0.05) is 57.7 Å². The number of phenols is 1. The molecule has 2 amide bonds. The molecule has 12 nitrogen and oxygen atoms in total. The second-order valence-electron chi connectivity index (χ2n) is 9.46. The van der Waals surface area contributed by atoms with E-state index in [1.54, 1.807) is 36.3 Å². The van der Waals surface area contributed by atoms with Gasteiger partial charge in [0.15, 0.2) is 0 Å². The number of benzene rings is 4. The molecule has 1 N–H and O–H groups in total. The van der Waals surface area contributed by atoms with E-state index in [4.69, 9.17) is 4.74 Å². The standard InChI is InChI=1S/C15H12N2O4S.C14H10N2O4S.CH4.BBr3/c1-9(18)16-12-5-3-10(17(19)20)7-14(12)22-15-8-11(21-2)4-6-13(15)16;1-8(17)15-11-4-2-9(16(19)20)6-13(11)21-14-7-10(18)3-5-12(14)15;;2-1(3)4/h3-8H,1-2H3;2-7,18H,1H3;1H4;. The van der Waals surface area contributed by atoms with Gasteiger partial charge in [-0.25, -0.2) is 0 Å². The third-order valence-corrected chi connectivity index (χ3v) is 8.64. The minimum absolute atomic E-state index is 0. The Morgan fingerprint density at radius 2 is 1.06 bits per heavy atom. The highest BCUT2D eigenvalue weighted by atomic mass is 79.9. The molecule has 0 spiro atoms. The Kier molecular flexibility index (Phi) is 13.5. The van der Waals surface area contributed by atoms with Gasteiger partial charge >= 0.3 is 3.18 Å². The lowest BCUT2D eigenvalue weighted by Gasteiger charge is -2.30. The number of carbonyl (C=O) groups excluding carboxylic acids is 2. The van der Waals surface area contributed by atoms with Crippen LogP contribution in [0.4, 0.5) is 34.1 Å². The van der Waals surface area contributed by atoms with Gasteiger partial charge in [-0.05, 0) is 48.5 Å². The number of hydrogen-bond acceptors (Lipinski definition) is 10. The van der Waals surface area contributed by atoms with E-state index in [-0.39, 0.29) is 39.6 Å². The third-order valence-electron chi connectivity index (χ3n) is 6.45. The number of nitro groups is 2. The zero-order valence-corrected chi connectivity index (χ0v) is 30.9. The van der Waals surface area contributed by atoms with E-state index in [1.807, 2.05) is 12.1 Å². The van der Waals surface area contributed by atoms with Crippen LogP contribution < -0.4 is 14.5 Å². The van der Waals surface area contributed by atoms with Crippen molar-refractivity contribution in [3.8, 4) is 11.5 Å². The quantitative estimate of drug-likeness (QED) is 0.119. The second kappa shape index (κ2) is 16.7. The highest BCUT2D eigenvalue weighted by Gasteiger charge is 2.29. The molecule has 0 atom stereocenters. The van der Waals surface area contributed by atoms with Crippen LogP contribution in [0.25, 0.3) is 0 Å². The van der Waals surface area contributed by atoms with E-state index < -0.39 is 9.85 Å². The highest BCUT2D eigenvalue weighted by Crippen LogP contribution is 2.51. The molecule has 2 aliphatic heterocycles. The first-order chi connectivity index (χ1) is 22.2. The lowest BCUT2D eigenvalue weighted by Crippen LogP contribution is -2.25. The first-order valence-corrected chi connectivity index (χ1v) is 17.6. The number of amides is 2. The minimum atomic E-state index is -0.475. The number of non-ortho nitro benzene ring substituents is 2. The summed E-state index contributed by atoms with van der Waals surface area (Å²) in [5, 5.41) is 31.4. The predicted octanol–water partition coefficient (Wildman–Crippen LogP) is 9.99. The molecule has 6 rings (SSSR count). The maximum Gasteiger partial charge on any atom is 0.369 e. The van der Waals surface area contributed by atoms with Crippen molar-refractivity contribution in [2.75, 3.05) is 16.9 Å². The van der Waals surface area contributed by atoms with Gasteiger partial charge < -0.3 is 9.84 Å². The summed E-state index contributed by atoms with van der Waals surface area (Å²) in [5.74, 6) is 0.404. The molecule has 4 aromatic rings. The summed E-state index contributed by atoms with van der Waals surface area (Å²) >= 11 is 12.0. The van der Waals surface area contributed by atoms with Gasteiger partial charge in [0.1, 0.15) is 11.5 Å². The number of phenolic OH excluding ortho intramolecular Hbond substituents is 1. The molecule has 18 heteroatoms. The van der Waals surface area contributed by atoms with Gasteiger partial charge in [-0.3, -0.25) is 39.6 Å². The van der Waals surface area contributed by atoms with Crippen LogP contribution in [0.15, 0.2) is 92.4 Å². The highest BCUT2D eigenvalue weighted by molar-refractivity contribution is 9.69. The van der Waals surface area contributed by atoms with E-state index in [0.717, 1.165) is 10.6 Å². The number of fused-ring (bicyclic) bond motifs is 4. The summed E-state index contributed by atoms with van der Waals surface area (Å²) < 4.78 is 5.47. The van der Waals surface area contributed by atoms with Crippen LogP contribution in [-0.2, 0) is 9.59 Å². The lowest BCUT2D eigenvalue weighted by atomic mass is 10.2. The molecule has 48 heavy (non-hydrogen) atoms. The summed E-state index contributed by atoms with van der Waals surface area (Å²) in [4.78, 5) is 50.7. The Hall–Kier alpha value is -3.58.